The Kier molecular flexibility index (Phi) is 6.82. The number of nitrogens with zero attached hydrogens (tertiary/aromatic N) is 1. The lowest BCUT2D eigenvalue weighted by Gasteiger charge is -2.20. The van der Waals surface area contributed by atoms with Gasteiger partial charge in [-0.3, -0.25) is 9.59 Å². The maximum atomic E-state index is 12.1. The smallest absolute Gasteiger partial charge is 0.313 e. The van der Waals surface area contributed by atoms with Crippen molar-refractivity contribution in [3.8, 4) is 0 Å². The normalized spacial score (nSPS) is 10.2. The summed E-state index contributed by atoms with van der Waals surface area (Å²) in [5, 5.41) is 3.06. The predicted octanol–water partition coefficient (Wildman–Crippen LogP) is 3.58. The van der Waals surface area contributed by atoms with E-state index >= 15 is 0 Å². The van der Waals surface area contributed by atoms with Gasteiger partial charge in [-0.15, -0.1) is 0 Å². The molecule has 0 radical (unpaired) electrons. The summed E-state index contributed by atoms with van der Waals surface area (Å²) >= 11 is 11.8. The van der Waals surface area contributed by atoms with Gasteiger partial charge in [-0.1, -0.05) is 43.1 Å². The van der Waals surface area contributed by atoms with E-state index in [9.17, 15) is 9.59 Å². The number of hydrogen-bond acceptors (Lipinski definition) is 2. The molecule has 110 valence electrons. The molecule has 0 heterocycles. The molecular weight excluding hydrogens is 299 g/mol. The highest BCUT2D eigenvalue weighted by molar-refractivity contribution is 6.45. The van der Waals surface area contributed by atoms with Crippen LogP contribution in [0.25, 0.3) is 0 Å². The molecule has 0 aliphatic rings. The van der Waals surface area contributed by atoms with E-state index in [0.717, 1.165) is 12.8 Å². The molecule has 1 rings (SSSR count). The molecule has 0 aromatic heterocycles. The first-order chi connectivity index (χ1) is 9.51. The summed E-state index contributed by atoms with van der Waals surface area (Å²) in [5.41, 5.74) is 0.338. The van der Waals surface area contributed by atoms with Crippen LogP contribution in [0.2, 0.25) is 10.0 Å². The fraction of sp³-hybridized carbons (Fsp3) is 0.429. The zero-order chi connectivity index (χ0) is 15.1. The van der Waals surface area contributed by atoms with Crippen molar-refractivity contribution in [3.05, 3.63) is 28.2 Å². The summed E-state index contributed by atoms with van der Waals surface area (Å²) in [6, 6.07) is 4.87. The SMILES string of the molecule is CCCN(CCC)C(=O)C(=O)Nc1cccc(Cl)c1Cl. The van der Waals surface area contributed by atoms with E-state index in [2.05, 4.69) is 5.32 Å². The van der Waals surface area contributed by atoms with Crippen LogP contribution < -0.4 is 5.32 Å². The van der Waals surface area contributed by atoms with E-state index in [1.807, 2.05) is 13.8 Å². The fourth-order valence-electron chi connectivity index (χ4n) is 1.77. The summed E-state index contributed by atoms with van der Waals surface area (Å²) in [7, 11) is 0. The molecule has 20 heavy (non-hydrogen) atoms. The average molecular weight is 317 g/mol. The van der Waals surface area contributed by atoms with Crippen LogP contribution in [0.1, 0.15) is 26.7 Å². The first-order valence-corrected chi connectivity index (χ1v) is 7.31. The van der Waals surface area contributed by atoms with Crippen LogP contribution in [0.15, 0.2) is 18.2 Å². The number of anilines is 1. The topological polar surface area (TPSA) is 49.4 Å². The number of benzene rings is 1. The second kappa shape index (κ2) is 8.12. The maximum absolute atomic E-state index is 12.1. The minimum atomic E-state index is -0.698. The Bertz CT molecular complexity index is 486. The van der Waals surface area contributed by atoms with E-state index in [0.29, 0.717) is 23.8 Å². The highest BCUT2D eigenvalue weighted by Crippen LogP contribution is 2.29. The maximum Gasteiger partial charge on any atom is 0.313 e. The van der Waals surface area contributed by atoms with E-state index in [1.54, 1.807) is 18.2 Å². The van der Waals surface area contributed by atoms with Crippen molar-refractivity contribution in [3.63, 3.8) is 0 Å². The van der Waals surface area contributed by atoms with Crippen LogP contribution in [0.5, 0.6) is 0 Å². The van der Waals surface area contributed by atoms with Crippen molar-refractivity contribution in [2.45, 2.75) is 26.7 Å². The molecular formula is C14H18Cl2N2O2. The Labute approximate surface area is 129 Å². The highest BCUT2D eigenvalue weighted by Gasteiger charge is 2.21. The van der Waals surface area contributed by atoms with Crippen LogP contribution in [0.4, 0.5) is 5.69 Å². The largest absolute Gasteiger partial charge is 0.334 e. The molecule has 0 saturated carbocycles. The van der Waals surface area contributed by atoms with Gasteiger partial charge in [-0.2, -0.15) is 0 Å². The minimum absolute atomic E-state index is 0.229. The van der Waals surface area contributed by atoms with Crippen LogP contribution >= 0.6 is 23.2 Å². The quantitative estimate of drug-likeness (QED) is 0.844. The monoisotopic (exact) mass is 316 g/mol. The van der Waals surface area contributed by atoms with Crippen molar-refractivity contribution in [1.29, 1.82) is 0 Å². The Morgan fingerprint density at radius 2 is 1.75 bits per heavy atom. The lowest BCUT2D eigenvalue weighted by Crippen LogP contribution is -2.40. The van der Waals surface area contributed by atoms with Gasteiger partial charge < -0.3 is 10.2 Å². The molecule has 4 nitrogen and oxygen atoms in total. The molecule has 2 amide bonds. The molecule has 0 spiro atoms. The number of halogens is 2. The Morgan fingerprint density at radius 3 is 2.30 bits per heavy atom. The number of carbonyl (C=O) groups excluding carboxylic acids is 2. The standard InChI is InChI=1S/C14H18Cl2N2O2/c1-3-8-18(9-4-2)14(20)13(19)17-11-7-5-6-10(15)12(11)16/h5-7H,3-4,8-9H2,1-2H3,(H,17,19). The molecule has 0 unspecified atom stereocenters. The van der Waals surface area contributed by atoms with Crippen LogP contribution in [-0.4, -0.2) is 29.8 Å². The van der Waals surface area contributed by atoms with Gasteiger partial charge in [0.25, 0.3) is 0 Å². The lowest BCUT2D eigenvalue weighted by molar-refractivity contribution is -0.143. The number of amides is 2. The summed E-state index contributed by atoms with van der Waals surface area (Å²) < 4.78 is 0. The molecule has 1 aromatic rings. The van der Waals surface area contributed by atoms with Gasteiger partial charge >= 0.3 is 11.8 Å². The van der Waals surface area contributed by atoms with Gasteiger partial charge in [0, 0.05) is 13.1 Å². The van der Waals surface area contributed by atoms with E-state index in [1.165, 1.54) is 4.90 Å². The molecule has 0 atom stereocenters. The molecule has 0 aliphatic carbocycles. The summed E-state index contributed by atoms with van der Waals surface area (Å²) in [6.45, 7) is 5.04. The van der Waals surface area contributed by atoms with Gasteiger partial charge in [0.15, 0.2) is 0 Å². The third-order valence-corrected chi connectivity index (χ3v) is 3.49. The third kappa shape index (κ3) is 4.39. The van der Waals surface area contributed by atoms with E-state index in [4.69, 9.17) is 23.2 Å². The highest BCUT2D eigenvalue weighted by atomic mass is 35.5. The molecule has 0 fully saturated rings. The van der Waals surface area contributed by atoms with Gasteiger partial charge in [-0.25, -0.2) is 0 Å². The first-order valence-electron chi connectivity index (χ1n) is 6.55. The van der Waals surface area contributed by atoms with Gasteiger partial charge in [-0.05, 0) is 25.0 Å². The molecule has 0 aliphatic heterocycles. The second-order valence-electron chi connectivity index (χ2n) is 4.35. The molecule has 0 bridgehead atoms. The van der Waals surface area contributed by atoms with Gasteiger partial charge in [0.2, 0.25) is 0 Å². The predicted molar refractivity (Wildman–Crippen MR) is 82.3 cm³/mol. The van der Waals surface area contributed by atoms with Crippen molar-refractivity contribution in [1.82, 2.24) is 4.90 Å². The minimum Gasteiger partial charge on any atom is -0.334 e. The molecule has 1 aromatic carbocycles. The zero-order valence-electron chi connectivity index (χ0n) is 11.6. The number of hydrogen-bond donors (Lipinski definition) is 1. The average Bonchev–Trinajstić information content (AvgIpc) is 2.42. The fourth-order valence-corrected chi connectivity index (χ4v) is 2.12. The first kappa shape index (κ1) is 16.8. The molecule has 0 saturated heterocycles. The van der Waals surface area contributed by atoms with Crippen LogP contribution in [-0.2, 0) is 9.59 Å². The van der Waals surface area contributed by atoms with E-state index < -0.39 is 11.8 Å². The number of nitrogens with one attached hydrogen (secondary N) is 1. The Morgan fingerprint density at radius 1 is 1.15 bits per heavy atom. The summed E-state index contributed by atoms with van der Waals surface area (Å²) in [6.07, 6.45) is 1.61. The summed E-state index contributed by atoms with van der Waals surface area (Å²) in [4.78, 5) is 25.6. The third-order valence-electron chi connectivity index (χ3n) is 2.67. The summed E-state index contributed by atoms with van der Waals surface area (Å²) in [5.74, 6) is -1.25. The number of rotatable bonds is 5. The number of carbonyl (C=O) groups is 2. The van der Waals surface area contributed by atoms with Crippen molar-refractivity contribution in [2.75, 3.05) is 18.4 Å². The van der Waals surface area contributed by atoms with Crippen LogP contribution in [0, 0.1) is 0 Å². The van der Waals surface area contributed by atoms with Gasteiger partial charge in [0.1, 0.15) is 0 Å². The van der Waals surface area contributed by atoms with Gasteiger partial charge in [0.05, 0.1) is 15.7 Å². The van der Waals surface area contributed by atoms with E-state index in [-0.39, 0.29) is 5.02 Å². The Balaban J connectivity index is 2.79. The second-order valence-corrected chi connectivity index (χ2v) is 5.13. The van der Waals surface area contributed by atoms with Crippen molar-refractivity contribution >= 4 is 40.7 Å². The van der Waals surface area contributed by atoms with Crippen LogP contribution in [0.3, 0.4) is 0 Å². The lowest BCUT2D eigenvalue weighted by atomic mass is 10.3. The van der Waals surface area contributed by atoms with Crippen molar-refractivity contribution < 1.29 is 9.59 Å². The Hall–Kier alpha value is -1.26. The zero-order valence-corrected chi connectivity index (χ0v) is 13.1. The molecule has 1 N–H and O–H groups in total. The van der Waals surface area contributed by atoms with Crippen molar-refractivity contribution in [2.24, 2.45) is 0 Å². The molecule has 6 heteroatoms.